The van der Waals surface area contributed by atoms with Gasteiger partial charge in [0.25, 0.3) is 0 Å². The Labute approximate surface area is 145 Å². The van der Waals surface area contributed by atoms with Crippen LogP contribution >= 0.6 is 0 Å². The molecule has 4 aliphatic carbocycles. The number of rotatable bonds is 3. The van der Waals surface area contributed by atoms with Gasteiger partial charge in [-0.3, -0.25) is 0 Å². The van der Waals surface area contributed by atoms with Gasteiger partial charge in [0.05, 0.1) is 6.61 Å². The van der Waals surface area contributed by atoms with Crippen LogP contribution < -0.4 is 5.32 Å². The van der Waals surface area contributed by atoms with Crippen LogP contribution in [0.1, 0.15) is 64.7 Å². The average Bonchev–Trinajstić information content (AvgIpc) is 2.82. The lowest BCUT2D eigenvalue weighted by Gasteiger charge is -2.55. The lowest BCUT2D eigenvalue weighted by Crippen LogP contribution is -2.59. The maximum absolute atomic E-state index is 12.2. The molecule has 6 fully saturated rings. The molecule has 2 aliphatic heterocycles. The molecule has 2 saturated heterocycles. The van der Waals surface area contributed by atoms with Gasteiger partial charge in [0.2, 0.25) is 0 Å². The summed E-state index contributed by atoms with van der Waals surface area (Å²) in [5.41, 5.74) is 0. The van der Waals surface area contributed by atoms with Gasteiger partial charge in [0.1, 0.15) is 0 Å². The van der Waals surface area contributed by atoms with Crippen LogP contribution in [0.3, 0.4) is 0 Å². The van der Waals surface area contributed by atoms with Crippen molar-refractivity contribution < 1.29 is 9.53 Å². The second-order valence-electron chi connectivity index (χ2n) is 9.28. The summed E-state index contributed by atoms with van der Waals surface area (Å²) in [6, 6.07) is 2.22. The van der Waals surface area contributed by atoms with Crippen LogP contribution in [0.4, 0.5) is 4.79 Å². The predicted octanol–water partition coefficient (Wildman–Crippen LogP) is 3.55. The van der Waals surface area contributed by atoms with Crippen molar-refractivity contribution in [1.82, 2.24) is 10.2 Å². The number of ether oxygens (including phenoxy) is 1. The van der Waals surface area contributed by atoms with Crippen molar-refractivity contribution in [2.24, 2.45) is 23.7 Å². The summed E-state index contributed by atoms with van der Waals surface area (Å²) in [6.45, 7) is 2.39. The molecule has 0 aromatic rings. The van der Waals surface area contributed by atoms with Crippen molar-refractivity contribution in [2.75, 3.05) is 6.61 Å². The molecule has 24 heavy (non-hydrogen) atoms. The Bertz CT molecular complexity index is 466. The molecule has 1 N–H and O–H groups in total. The van der Waals surface area contributed by atoms with E-state index in [1.54, 1.807) is 0 Å². The van der Waals surface area contributed by atoms with Crippen LogP contribution in [0.15, 0.2) is 0 Å². The number of amides is 1. The van der Waals surface area contributed by atoms with Crippen LogP contribution in [0.5, 0.6) is 0 Å². The molecule has 134 valence electrons. The minimum absolute atomic E-state index is 0.0712. The van der Waals surface area contributed by atoms with Crippen molar-refractivity contribution in [1.29, 1.82) is 0 Å². The highest BCUT2D eigenvalue weighted by atomic mass is 16.6. The summed E-state index contributed by atoms with van der Waals surface area (Å²) in [7, 11) is 0. The van der Waals surface area contributed by atoms with Crippen molar-refractivity contribution in [3.63, 3.8) is 0 Å². The topological polar surface area (TPSA) is 41.6 Å². The molecular formula is C20H32N2O2. The van der Waals surface area contributed by atoms with Gasteiger partial charge in [0, 0.05) is 24.2 Å². The highest BCUT2D eigenvalue weighted by Gasteiger charge is 2.50. The Balaban J connectivity index is 1.24. The zero-order chi connectivity index (χ0) is 16.3. The second kappa shape index (κ2) is 5.89. The fourth-order valence-electron chi connectivity index (χ4n) is 7.28. The molecule has 4 nitrogen and oxygen atoms in total. The minimum Gasteiger partial charge on any atom is -0.450 e. The standard InChI is InChI=1S/C20H32N2O2/c1-2-24-20(23)22-17-3-4-18(22)11-16(10-17)21-19-14-6-12-5-13(8-14)9-15(19)7-12/h12-19,21H,2-11H2,1H3. The van der Waals surface area contributed by atoms with Gasteiger partial charge >= 0.3 is 6.09 Å². The van der Waals surface area contributed by atoms with Crippen molar-refractivity contribution in [2.45, 2.75) is 88.9 Å². The van der Waals surface area contributed by atoms with E-state index in [9.17, 15) is 4.79 Å². The Kier molecular flexibility index (Phi) is 3.80. The number of fused-ring (bicyclic) bond motifs is 2. The highest BCUT2D eigenvalue weighted by Crippen LogP contribution is 2.54. The van der Waals surface area contributed by atoms with Crippen LogP contribution in [-0.2, 0) is 4.74 Å². The van der Waals surface area contributed by atoms with E-state index in [1.807, 2.05) is 6.92 Å². The first-order chi connectivity index (χ1) is 11.7. The number of hydrogen-bond donors (Lipinski definition) is 1. The highest BCUT2D eigenvalue weighted by molar-refractivity contribution is 5.69. The van der Waals surface area contributed by atoms with Crippen LogP contribution in [0.2, 0.25) is 0 Å². The molecule has 0 radical (unpaired) electrons. The predicted molar refractivity (Wildman–Crippen MR) is 92.7 cm³/mol. The first kappa shape index (κ1) is 15.5. The van der Waals surface area contributed by atoms with Gasteiger partial charge in [-0.2, -0.15) is 0 Å². The lowest BCUT2D eigenvalue weighted by atomic mass is 9.54. The number of carbonyl (C=O) groups is 1. The average molecular weight is 332 g/mol. The monoisotopic (exact) mass is 332 g/mol. The molecule has 4 saturated carbocycles. The molecule has 1 amide bonds. The maximum Gasteiger partial charge on any atom is 0.410 e. The Hall–Kier alpha value is -0.770. The largest absolute Gasteiger partial charge is 0.450 e. The molecule has 0 aromatic carbocycles. The molecule has 4 heteroatoms. The van der Waals surface area contributed by atoms with E-state index in [-0.39, 0.29) is 6.09 Å². The zero-order valence-corrected chi connectivity index (χ0v) is 15.0. The van der Waals surface area contributed by atoms with Crippen molar-refractivity contribution >= 4 is 6.09 Å². The van der Waals surface area contributed by atoms with Crippen molar-refractivity contribution in [3.8, 4) is 0 Å². The third-order valence-corrected chi connectivity index (χ3v) is 7.87. The molecule has 0 spiro atoms. The van der Waals surface area contributed by atoms with E-state index in [0.29, 0.717) is 24.7 Å². The quantitative estimate of drug-likeness (QED) is 0.859. The molecule has 6 rings (SSSR count). The summed E-state index contributed by atoms with van der Waals surface area (Å²) in [5, 5.41) is 4.11. The SMILES string of the molecule is CCOC(=O)N1C2CCC1CC(NC1C3CC4CC(C3)CC1C4)C2. The molecule has 2 heterocycles. The number of carbonyl (C=O) groups excluding carboxylic acids is 1. The normalized spacial score (nSPS) is 48.8. The third-order valence-electron chi connectivity index (χ3n) is 7.87. The van der Waals surface area contributed by atoms with Gasteiger partial charge in [0.15, 0.2) is 0 Å². The molecule has 6 bridgehead atoms. The fourth-order valence-corrected chi connectivity index (χ4v) is 7.28. The lowest BCUT2D eigenvalue weighted by molar-refractivity contribution is -0.0230. The molecule has 2 unspecified atom stereocenters. The van der Waals surface area contributed by atoms with E-state index < -0.39 is 0 Å². The van der Waals surface area contributed by atoms with Gasteiger partial charge in [-0.1, -0.05) is 0 Å². The molecule has 0 aromatic heterocycles. The van der Waals surface area contributed by atoms with E-state index in [4.69, 9.17) is 4.74 Å². The molecule has 2 atom stereocenters. The summed E-state index contributed by atoms with van der Waals surface area (Å²) in [5.74, 6) is 3.99. The number of nitrogens with one attached hydrogen (secondary N) is 1. The Morgan fingerprint density at radius 1 is 0.958 bits per heavy atom. The van der Waals surface area contributed by atoms with E-state index in [2.05, 4.69) is 10.2 Å². The third kappa shape index (κ3) is 2.48. The first-order valence-corrected chi connectivity index (χ1v) is 10.4. The zero-order valence-electron chi connectivity index (χ0n) is 15.0. The molecular weight excluding hydrogens is 300 g/mol. The van der Waals surface area contributed by atoms with Gasteiger partial charge in [-0.25, -0.2) is 4.79 Å². The maximum atomic E-state index is 12.2. The second-order valence-corrected chi connectivity index (χ2v) is 9.28. The minimum atomic E-state index is -0.0712. The van der Waals surface area contributed by atoms with Crippen LogP contribution in [0, 0.1) is 23.7 Å². The number of hydrogen-bond acceptors (Lipinski definition) is 3. The summed E-state index contributed by atoms with van der Waals surface area (Å²) in [4.78, 5) is 14.3. The van der Waals surface area contributed by atoms with Gasteiger partial charge in [-0.15, -0.1) is 0 Å². The van der Waals surface area contributed by atoms with Gasteiger partial charge in [-0.05, 0) is 88.4 Å². The summed E-state index contributed by atoms with van der Waals surface area (Å²) >= 11 is 0. The summed E-state index contributed by atoms with van der Waals surface area (Å²) in [6.07, 6.45) is 12.0. The summed E-state index contributed by atoms with van der Waals surface area (Å²) < 4.78 is 5.29. The van der Waals surface area contributed by atoms with E-state index in [0.717, 1.165) is 42.6 Å². The molecule has 6 aliphatic rings. The van der Waals surface area contributed by atoms with E-state index in [1.165, 1.54) is 44.9 Å². The number of nitrogens with zero attached hydrogens (tertiary/aromatic N) is 1. The first-order valence-electron chi connectivity index (χ1n) is 10.4. The smallest absolute Gasteiger partial charge is 0.410 e. The fraction of sp³-hybridized carbons (Fsp3) is 0.950. The van der Waals surface area contributed by atoms with Crippen molar-refractivity contribution in [3.05, 3.63) is 0 Å². The van der Waals surface area contributed by atoms with Gasteiger partial charge < -0.3 is 15.0 Å². The van der Waals surface area contributed by atoms with Crippen LogP contribution in [0.25, 0.3) is 0 Å². The van der Waals surface area contributed by atoms with E-state index >= 15 is 0 Å². The Morgan fingerprint density at radius 3 is 2.08 bits per heavy atom. The number of piperidine rings is 1. The Morgan fingerprint density at radius 2 is 1.54 bits per heavy atom. The van der Waals surface area contributed by atoms with Crippen LogP contribution in [-0.4, -0.2) is 41.8 Å².